The molecule has 0 aliphatic carbocycles. The molecule has 1 amide bonds. The SMILES string of the molecule is CC(C)(C)NC(=O)P. The summed E-state index contributed by atoms with van der Waals surface area (Å²) in [6.07, 6.45) is 0. The standard InChI is InChI=1S/C5H12NOP/c1-5(2,3)6-4(7)8/h8H2,1-3H3,(H,6,7). The summed E-state index contributed by atoms with van der Waals surface area (Å²) in [7, 11) is 2.07. The quantitative estimate of drug-likeness (QED) is 0.497. The molecule has 1 unspecified atom stereocenters. The summed E-state index contributed by atoms with van der Waals surface area (Å²) in [5.41, 5.74) is -0.156. The second kappa shape index (κ2) is 2.45. The van der Waals surface area contributed by atoms with E-state index in [1.807, 2.05) is 20.8 Å². The maximum atomic E-state index is 10.3. The van der Waals surface area contributed by atoms with Crippen molar-refractivity contribution in [1.29, 1.82) is 0 Å². The van der Waals surface area contributed by atoms with Gasteiger partial charge in [-0.15, -0.1) is 0 Å². The third-order valence-corrected chi connectivity index (χ3v) is 0.643. The lowest BCUT2D eigenvalue weighted by molar-refractivity contribution is 0.253. The molecule has 0 saturated heterocycles. The van der Waals surface area contributed by atoms with E-state index in [0.717, 1.165) is 0 Å². The van der Waals surface area contributed by atoms with Crippen LogP contribution >= 0.6 is 9.24 Å². The molecule has 0 fully saturated rings. The smallest absolute Gasteiger partial charge is 0.235 e. The van der Waals surface area contributed by atoms with Gasteiger partial charge in [-0.2, -0.15) is 0 Å². The van der Waals surface area contributed by atoms with E-state index in [2.05, 4.69) is 14.6 Å². The largest absolute Gasteiger partial charge is 0.348 e. The maximum Gasteiger partial charge on any atom is 0.235 e. The molecule has 0 bridgehead atoms. The van der Waals surface area contributed by atoms with Crippen molar-refractivity contribution in [2.75, 3.05) is 0 Å². The topological polar surface area (TPSA) is 29.1 Å². The van der Waals surface area contributed by atoms with Crippen molar-refractivity contribution in [2.45, 2.75) is 26.3 Å². The van der Waals surface area contributed by atoms with Crippen LogP contribution in [0.5, 0.6) is 0 Å². The Hall–Kier alpha value is -0.100. The Morgan fingerprint density at radius 2 is 1.88 bits per heavy atom. The molecule has 8 heavy (non-hydrogen) atoms. The first-order valence-electron chi connectivity index (χ1n) is 2.49. The molecule has 0 aliphatic rings. The van der Waals surface area contributed by atoms with Gasteiger partial charge in [0.05, 0.1) is 0 Å². The van der Waals surface area contributed by atoms with Gasteiger partial charge in [0.2, 0.25) is 5.65 Å². The van der Waals surface area contributed by atoms with Crippen molar-refractivity contribution in [3.05, 3.63) is 0 Å². The molecule has 0 rings (SSSR count). The zero-order chi connectivity index (χ0) is 6.78. The number of rotatable bonds is 0. The summed E-state index contributed by atoms with van der Waals surface area (Å²) in [6.45, 7) is 5.82. The van der Waals surface area contributed by atoms with Crippen molar-refractivity contribution in [3.8, 4) is 0 Å². The first-order chi connectivity index (χ1) is 3.42. The molecule has 3 heteroatoms. The van der Waals surface area contributed by atoms with E-state index < -0.39 is 0 Å². The minimum atomic E-state index is -0.0984. The van der Waals surface area contributed by atoms with E-state index >= 15 is 0 Å². The molecule has 0 aromatic carbocycles. The number of amides is 1. The van der Waals surface area contributed by atoms with Crippen LogP contribution in [0.2, 0.25) is 0 Å². The van der Waals surface area contributed by atoms with Gasteiger partial charge in [0.1, 0.15) is 0 Å². The van der Waals surface area contributed by atoms with Gasteiger partial charge in [0.25, 0.3) is 0 Å². The average molecular weight is 133 g/mol. The zero-order valence-electron chi connectivity index (χ0n) is 5.49. The molecule has 2 nitrogen and oxygen atoms in total. The number of carbonyl (C=O) groups is 1. The van der Waals surface area contributed by atoms with Crippen molar-refractivity contribution < 1.29 is 4.79 Å². The van der Waals surface area contributed by atoms with Gasteiger partial charge in [0, 0.05) is 5.54 Å². The summed E-state index contributed by atoms with van der Waals surface area (Å²) in [6, 6.07) is 0. The van der Waals surface area contributed by atoms with Gasteiger partial charge in [0.15, 0.2) is 0 Å². The van der Waals surface area contributed by atoms with E-state index in [4.69, 9.17) is 0 Å². The van der Waals surface area contributed by atoms with Gasteiger partial charge < -0.3 is 5.32 Å². The summed E-state index contributed by atoms with van der Waals surface area (Å²) in [4.78, 5) is 10.3. The highest BCUT2D eigenvalue weighted by molar-refractivity contribution is 7.39. The molecular weight excluding hydrogens is 121 g/mol. The lowest BCUT2D eigenvalue weighted by atomic mass is 10.1. The Bertz CT molecular complexity index is 95.1. The third-order valence-electron chi connectivity index (χ3n) is 0.498. The number of hydrogen-bond donors (Lipinski definition) is 1. The first kappa shape index (κ1) is 7.90. The first-order valence-corrected chi connectivity index (χ1v) is 3.07. The van der Waals surface area contributed by atoms with Crippen molar-refractivity contribution in [1.82, 2.24) is 5.32 Å². The van der Waals surface area contributed by atoms with Gasteiger partial charge in [-0.1, -0.05) is 0 Å². The predicted molar refractivity (Wildman–Crippen MR) is 38.0 cm³/mol. The molecule has 0 radical (unpaired) electrons. The Morgan fingerprint density at radius 3 is 1.88 bits per heavy atom. The van der Waals surface area contributed by atoms with Crippen LogP contribution in [0.25, 0.3) is 0 Å². The molecular formula is C5H12NOP. The summed E-state index contributed by atoms with van der Waals surface area (Å²) >= 11 is 0. The van der Waals surface area contributed by atoms with Crippen LogP contribution in [0.1, 0.15) is 20.8 Å². The molecule has 0 spiro atoms. The van der Waals surface area contributed by atoms with Crippen LogP contribution < -0.4 is 5.32 Å². The average Bonchev–Trinajstić information content (AvgIpc) is 1.21. The van der Waals surface area contributed by atoms with Crippen LogP contribution in [0.15, 0.2) is 0 Å². The maximum absolute atomic E-state index is 10.3. The van der Waals surface area contributed by atoms with E-state index in [1.165, 1.54) is 0 Å². The lowest BCUT2D eigenvalue weighted by Crippen LogP contribution is -2.37. The van der Waals surface area contributed by atoms with Gasteiger partial charge in [-0.3, -0.25) is 4.79 Å². The minimum Gasteiger partial charge on any atom is -0.348 e. The fraction of sp³-hybridized carbons (Fsp3) is 0.800. The number of nitrogens with one attached hydrogen (secondary N) is 1. The highest BCUT2D eigenvalue weighted by atomic mass is 31.0. The van der Waals surface area contributed by atoms with Crippen LogP contribution in [0.3, 0.4) is 0 Å². The van der Waals surface area contributed by atoms with Crippen molar-refractivity contribution in [3.63, 3.8) is 0 Å². The Balaban J connectivity index is 3.55. The van der Waals surface area contributed by atoms with E-state index in [0.29, 0.717) is 0 Å². The number of hydrogen-bond acceptors (Lipinski definition) is 1. The molecule has 0 saturated carbocycles. The minimum absolute atomic E-state index is 0.0579. The molecule has 48 valence electrons. The summed E-state index contributed by atoms with van der Waals surface area (Å²) in [5.74, 6) is 0. The Morgan fingerprint density at radius 1 is 1.50 bits per heavy atom. The highest BCUT2D eigenvalue weighted by Crippen LogP contribution is 1.99. The lowest BCUT2D eigenvalue weighted by Gasteiger charge is -2.18. The van der Waals surface area contributed by atoms with Crippen molar-refractivity contribution >= 4 is 14.9 Å². The fourth-order valence-electron chi connectivity index (χ4n) is 0.370. The van der Waals surface area contributed by atoms with Crippen molar-refractivity contribution in [2.24, 2.45) is 0 Å². The second-order valence-electron chi connectivity index (χ2n) is 2.74. The molecule has 1 atom stereocenters. The van der Waals surface area contributed by atoms with Crippen LogP contribution in [0.4, 0.5) is 4.79 Å². The summed E-state index contributed by atoms with van der Waals surface area (Å²) in [5, 5.41) is 2.71. The molecule has 0 aliphatic heterocycles. The fourth-order valence-corrected chi connectivity index (χ4v) is 0.803. The van der Waals surface area contributed by atoms with Gasteiger partial charge in [-0.25, -0.2) is 0 Å². The molecule has 0 heterocycles. The summed E-state index contributed by atoms with van der Waals surface area (Å²) < 4.78 is 0. The third kappa shape index (κ3) is 5.90. The van der Waals surface area contributed by atoms with E-state index in [-0.39, 0.29) is 11.2 Å². The monoisotopic (exact) mass is 133 g/mol. The predicted octanol–water partition coefficient (Wildman–Crippen LogP) is 1.37. The van der Waals surface area contributed by atoms with Gasteiger partial charge >= 0.3 is 0 Å². The zero-order valence-corrected chi connectivity index (χ0v) is 6.64. The highest BCUT2D eigenvalue weighted by Gasteiger charge is 2.08. The van der Waals surface area contributed by atoms with E-state index in [1.54, 1.807) is 0 Å². The molecule has 0 aromatic rings. The van der Waals surface area contributed by atoms with Crippen LogP contribution in [-0.4, -0.2) is 11.2 Å². The molecule has 0 aromatic heterocycles. The van der Waals surface area contributed by atoms with Crippen LogP contribution in [0, 0.1) is 0 Å². The second-order valence-corrected chi connectivity index (χ2v) is 3.26. The van der Waals surface area contributed by atoms with Crippen LogP contribution in [-0.2, 0) is 0 Å². The Labute approximate surface area is 52.2 Å². The Kier molecular flexibility index (Phi) is 2.42. The van der Waals surface area contributed by atoms with E-state index in [9.17, 15) is 4.79 Å². The van der Waals surface area contributed by atoms with Gasteiger partial charge in [-0.05, 0) is 30.0 Å². The molecule has 1 N–H and O–H groups in total. The normalized spacial score (nSPS) is 11.0. The number of carbonyl (C=O) groups excluding carboxylic acids is 1.